The number of hydrogen-bond donors (Lipinski definition) is 2. The molecule has 0 aromatic heterocycles. The Morgan fingerprint density at radius 3 is 2.52 bits per heavy atom. The molecule has 1 aromatic carbocycles. The van der Waals surface area contributed by atoms with Crippen molar-refractivity contribution in [1.29, 1.82) is 0 Å². The maximum absolute atomic E-state index is 3.87. The second-order valence-corrected chi connectivity index (χ2v) is 7.04. The first-order valence-electron chi connectivity index (χ1n) is 8.69. The van der Waals surface area contributed by atoms with Gasteiger partial charge >= 0.3 is 0 Å². The quantitative estimate of drug-likeness (QED) is 0.782. The van der Waals surface area contributed by atoms with Crippen LogP contribution in [0.5, 0.6) is 0 Å². The van der Waals surface area contributed by atoms with Crippen LogP contribution in [0, 0.1) is 5.92 Å². The Hall–Kier alpha value is -0.860. The highest BCUT2D eigenvalue weighted by Gasteiger charge is 2.19. The summed E-state index contributed by atoms with van der Waals surface area (Å²) >= 11 is 0. The number of benzene rings is 1. The van der Waals surface area contributed by atoms with Gasteiger partial charge in [-0.25, -0.2) is 0 Å². The van der Waals surface area contributed by atoms with Crippen LogP contribution in [0.15, 0.2) is 30.3 Å². The smallest absolute Gasteiger partial charge is 0.0324 e. The summed E-state index contributed by atoms with van der Waals surface area (Å²) in [5.41, 5.74) is 1.43. The molecule has 0 bridgehead atoms. The molecule has 2 N–H and O–H groups in total. The highest BCUT2D eigenvalue weighted by atomic mass is 15.0. The van der Waals surface area contributed by atoms with Gasteiger partial charge in [0, 0.05) is 18.1 Å². The van der Waals surface area contributed by atoms with Crippen molar-refractivity contribution in [3.63, 3.8) is 0 Å². The molecule has 3 atom stereocenters. The van der Waals surface area contributed by atoms with E-state index >= 15 is 0 Å². The zero-order chi connectivity index (χ0) is 15.1. The largest absolute Gasteiger partial charge is 0.314 e. The first-order valence-corrected chi connectivity index (χ1v) is 8.69. The predicted octanol–water partition coefficient (Wildman–Crippen LogP) is 4.28. The summed E-state index contributed by atoms with van der Waals surface area (Å²) in [6, 6.07) is 12.7. The Bertz CT molecular complexity index is 382. The monoisotopic (exact) mass is 288 g/mol. The van der Waals surface area contributed by atoms with Gasteiger partial charge < -0.3 is 10.6 Å². The maximum atomic E-state index is 3.87. The number of piperidine rings is 1. The van der Waals surface area contributed by atoms with Gasteiger partial charge in [-0.1, -0.05) is 50.6 Å². The van der Waals surface area contributed by atoms with E-state index in [2.05, 4.69) is 61.7 Å². The van der Waals surface area contributed by atoms with Crippen LogP contribution in [0.3, 0.4) is 0 Å². The van der Waals surface area contributed by atoms with Gasteiger partial charge in [0.05, 0.1) is 0 Å². The van der Waals surface area contributed by atoms with Crippen LogP contribution in [0.1, 0.15) is 64.5 Å². The van der Waals surface area contributed by atoms with E-state index in [1.165, 1.54) is 44.2 Å². The predicted molar refractivity (Wildman–Crippen MR) is 91.5 cm³/mol. The Morgan fingerprint density at radius 1 is 1.14 bits per heavy atom. The van der Waals surface area contributed by atoms with Crippen LogP contribution in [0.2, 0.25) is 0 Å². The molecule has 0 saturated carbocycles. The first kappa shape index (κ1) is 16.5. The fourth-order valence-electron chi connectivity index (χ4n) is 3.42. The molecule has 1 heterocycles. The topological polar surface area (TPSA) is 24.1 Å². The Morgan fingerprint density at radius 2 is 1.90 bits per heavy atom. The molecule has 21 heavy (non-hydrogen) atoms. The normalized spacial score (nSPS) is 22.2. The van der Waals surface area contributed by atoms with Crippen LogP contribution in [0.4, 0.5) is 0 Å². The summed E-state index contributed by atoms with van der Waals surface area (Å²) in [6.45, 7) is 8.16. The highest BCUT2D eigenvalue weighted by molar-refractivity contribution is 5.19. The van der Waals surface area contributed by atoms with E-state index in [9.17, 15) is 0 Å². The van der Waals surface area contributed by atoms with Crippen molar-refractivity contribution >= 4 is 0 Å². The summed E-state index contributed by atoms with van der Waals surface area (Å²) in [4.78, 5) is 0. The molecule has 0 aliphatic carbocycles. The molecule has 0 radical (unpaired) electrons. The van der Waals surface area contributed by atoms with Gasteiger partial charge in [-0.15, -0.1) is 0 Å². The average molecular weight is 288 g/mol. The third-order valence-corrected chi connectivity index (χ3v) is 4.45. The number of nitrogens with one attached hydrogen (secondary N) is 2. The third-order valence-electron chi connectivity index (χ3n) is 4.45. The van der Waals surface area contributed by atoms with E-state index in [1.54, 1.807) is 0 Å². The van der Waals surface area contributed by atoms with E-state index in [0.717, 1.165) is 0 Å². The van der Waals surface area contributed by atoms with Gasteiger partial charge in [-0.2, -0.15) is 0 Å². The van der Waals surface area contributed by atoms with Gasteiger partial charge in [0.2, 0.25) is 0 Å². The SMILES string of the molecule is CC(C)CC(NC(C)CC1CCCCN1)c1ccccc1. The van der Waals surface area contributed by atoms with Crippen LogP contribution in [0.25, 0.3) is 0 Å². The van der Waals surface area contributed by atoms with E-state index in [-0.39, 0.29) is 0 Å². The molecule has 1 fully saturated rings. The molecule has 2 nitrogen and oxygen atoms in total. The molecule has 0 spiro atoms. The lowest BCUT2D eigenvalue weighted by Gasteiger charge is -2.30. The summed E-state index contributed by atoms with van der Waals surface area (Å²) < 4.78 is 0. The average Bonchev–Trinajstić information content (AvgIpc) is 2.48. The minimum Gasteiger partial charge on any atom is -0.314 e. The first-order chi connectivity index (χ1) is 10.1. The van der Waals surface area contributed by atoms with Crippen molar-refractivity contribution in [1.82, 2.24) is 10.6 Å². The zero-order valence-electron chi connectivity index (χ0n) is 13.9. The van der Waals surface area contributed by atoms with Gasteiger partial charge in [-0.3, -0.25) is 0 Å². The molecule has 118 valence electrons. The summed E-state index contributed by atoms with van der Waals surface area (Å²) in [6.07, 6.45) is 6.51. The lowest BCUT2D eigenvalue weighted by Crippen LogP contribution is -2.41. The van der Waals surface area contributed by atoms with Crippen LogP contribution in [-0.2, 0) is 0 Å². The van der Waals surface area contributed by atoms with Gasteiger partial charge in [-0.05, 0) is 50.6 Å². The molecule has 0 amide bonds. The van der Waals surface area contributed by atoms with E-state index in [0.29, 0.717) is 24.0 Å². The molecule has 2 heteroatoms. The second-order valence-electron chi connectivity index (χ2n) is 7.04. The van der Waals surface area contributed by atoms with Crippen molar-refractivity contribution in [2.75, 3.05) is 6.54 Å². The van der Waals surface area contributed by atoms with Gasteiger partial charge in [0.25, 0.3) is 0 Å². The molecule has 1 aromatic rings. The Kier molecular flexibility index (Phi) is 6.72. The highest BCUT2D eigenvalue weighted by Crippen LogP contribution is 2.23. The lowest BCUT2D eigenvalue weighted by molar-refractivity contribution is 0.316. The standard InChI is InChI=1S/C19H32N2/c1-15(2)13-19(17-9-5-4-6-10-17)21-16(3)14-18-11-7-8-12-20-18/h4-6,9-10,15-16,18-21H,7-8,11-14H2,1-3H3. The van der Waals surface area contributed by atoms with Crippen molar-refractivity contribution in [2.24, 2.45) is 5.92 Å². The van der Waals surface area contributed by atoms with Crippen molar-refractivity contribution in [2.45, 2.75) is 71.0 Å². The van der Waals surface area contributed by atoms with Crippen LogP contribution >= 0.6 is 0 Å². The molecule has 2 rings (SSSR count). The van der Waals surface area contributed by atoms with Crippen LogP contribution in [-0.4, -0.2) is 18.6 Å². The Labute approximate surface area is 130 Å². The van der Waals surface area contributed by atoms with Crippen LogP contribution < -0.4 is 10.6 Å². The van der Waals surface area contributed by atoms with Gasteiger partial charge in [0.15, 0.2) is 0 Å². The molecule has 1 saturated heterocycles. The summed E-state index contributed by atoms with van der Waals surface area (Å²) in [7, 11) is 0. The second kappa shape index (κ2) is 8.55. The zero-order valence-corrected chi connectivity index (χ0v) is 13.9. The molecular weight excluding hydrogens is 256 g/mol. The Balaban J connectivity index is 1.91. The third kappa shape index (κ3) is 5.80. The minimum absolute atomic E-state index is 0.477. The summed E-state index contributed by atoms with van der Waals surface area (Å²) in [5, 5.41) is 7.54. The molecule has 1 aliphatic heterocycles. The van der Waals surface area contributed by atoms with E-state index in [4.69, 9.17) is 0 Å². The van der Waals surface area contributed by atoms with Crippen molar-refractivity contribution in [3.05, 3.63) is 35.9 Å². The number of hydrogen-bond acceptors (Lipinski definition) is 2. The minimum atomic E-state index is 0.477. The fourth-order valence-corrected chi connectivity index (χ4v) is 3.42. The van der Waals surface area contributed by atoms with E-state index in [1.807, 2.05) is 0 Å². The molecular formula is C19H32N2. The maximum Gasteiger partial charge on any atom is 0.0324 e. The fraction of sp³-hybridized carbons (Fsp3) is 0.684. The number of rotatable bonds is 7. The van der Waals surface area contributed by atoms with Crippen molar-refractivity contribution in [3.8, 4) is 0 Å². The molecule has 3 unspecified atom stereocenters. The molecule has 1 aliphatic rings. The van der Waals surface area contributed by atoms with Gasteiger partial charge in [0.1, 0.15) is 0 Å². The lowest BCUT2D eigenvalue weighted by atomic mass is 9.94. The summed E-state index contributed by atoms with van der Waals surface area (Å²) in [5.74, 6) is 0.711. The van der Waals surface area contributed by atoms with Crippen molar-refractivity contribution < 1.29 is 0 Å². The van der Waals surface area contributed by atoms with E-state index < -0.39 is 0 Å².